The van der Waals surface area contributed by atoms with Gasteiger partial charge in [-0.05, 0) is 12.8 Å². The molecule has 2 aliphatic rings. The molecule has 2 atom stereocenters. The van der Waals surface area contributed by atoms with Crippen molar-refractivity contribution in [3.05, 3.63) is 0 Å². The van der Waals surface area contributed by atoms with Gasteiger partial charge in [0.25, 0.3) is 0 Å². The Labute approximate surface area is 76.8 Å². The average Bonchev–Trinajstić information content (AvgIpc) is 2.48. The first kappa shape index (κ1) is 8.34. The number of hydrogen-bond acceptors (Lipinski definition) is 2. The number of carbonyl (C=O) groups excluding carboxylic acids is 1. The first-order valence-electron chi connectivity index (χ1n) is 4.58. The van der Waals surface area contributed by atoms with Crippen molar-refractivity contribution in [2.75, 3.05) is 13.1 Å². The van der Waals surface area contributed by atoms with Gasteiger partial charge in [0.2, 0.25) is 5.91 Å². The van der Waals surface area contributed by atoms with Crippen molar-refractivity contribution in [3.8, 4) is 0 Å². The Bertz CT molecular complexity index is 253. The summed E-state index contributed by atoms with van der Waals surface area (Å²) in [6.07, 6.45) is 1.88. The lowest BCUT2D eigenvalue weighted by molar-refractivity contribution is -0.123. The zero-order chi connectivity index (χ0) is 9.42. The first-order valence-corrected chi connectivity index (χ1v) is 4.58. The lowest BCUT2D eigenvalue weighted by Crippen LogP contribution is -2.51. The van der Waals surface area contributed by atoms with Crippen molar-refractivity contribution >= 4 is 11.9 Å². The lowest BCUT2D eigenvalue weighted by Gasteiger charge is -2.35. The predicted octanol–water partition coefficient (Wildman–Crippen LogP) is -0.910. The van der Waals surface area contributed by atoms with Crippen LogP contribution in [0.3, 0.4) is 0 Å². The van der Waals surface area contributed by atoms with Crippen LogP contribution in [0, 0.1) is 11.3 Å². The van der Waals surface area contributed by atoms with Gasteiger partial charge in [0, 0.05) is 13.1 Å². The molecule has 0 spiro atoms. The van der Waals surface area contributed by atoms with Crippen molar-refractivity contribution < 1.29 is 4.79 Å². The van der Waals surface area contributed by atoms with Crippen LogP contribution < -0.4 is 11.1 Å². The first-order chi connectivity index (χ1) is 6.20. The highest BCUT2D eigenvalue weighted by Crippen LogP contribution is 2.26. The second-order valence-corrected chi connectivity index (χ2v) is 3.64. The molecule has 1 amide bonds. The van der Waals surface area contributed by atoms with Gasteiger partial charge in [-0.1, -0.05) is 0 Å². The van der Waals surface area contributed by atoms with E-state index in [0.29, 0.717) is 6.54 Å². The molecule has 13 heavy (non-hydrogen) atoms. The molecule has 2 saturated heterocycles. The summed E-state index contributed by atoms with van der Waals surface area (Å²) < 4.78 is 0. The fourth-order valence-corrected chi connectivity index (χ4v) is 2.25. The molecule has 0 bridgehead atoms. The summed E-state index contributed by atoms with van der Waals surface area (Å²) in [4.78, 5) is 13.2. The fourth-order valence-electron chi connectivity index (χ4n) is 2.25. The molecule has 5 heteroatoms. The molecule has 2 unspecified atom stereocenters. The highest BCUT2D eigenvalue weighted by Gasteiger charge is 2.41. The van der Waals surface area contributed by atoms with E-state index in [4.69, 9.17) is 11.1 Å². The Morgan fingerprint density at radius 1 is 1.69 bits per heavy atom. The number of nitrogens with two attached hydrogens (primary N) is 1. The van der Waals surface area contributed by atoms with Gasteiger partial charge in [-0.3, -0.25) is 10.2 Å². The smallest absolute Gasteiger partial charge is 0.225 e. The second kappa shape index (κ2) is 2.90. The third-order valence-corrected chi connectivity index (χ3v) is 2.91. The van der Waals surface area contributed by atoms with E-state index in [1.807, 2.05) is 4.90 Å². The molecular formula is C8H14N4O. The van der Waals surface area contributed by atoms with Crippen molar-refractivity contribution in [2.24, 2.45) is 11.7 Å². The maximum absolute atomic E-state index is 11.3. The van der Waals surface area contributed by atoms with Gasteiger partial charge in [-0.2, -0.15) is 0 Å². The zero-order valence-electron chi connectivity index (χ0n) is 7.42. The van der Waals surface area contributed by atoms with Gasteiger partial charge >= 0.3 is 0 Å². The van der Waals surface area contributed by atoms with E-state index < -0.39 is 0 Å². The number of likely N-dealkylation sites (tertiary alicyclic amines) is 1. The Morgan fingerprint density at radius 2 is 2.46 bits per heavy atom. The van der Waals surface area contributed by atoms with E-state index in [2.05, 4.69) is 5.32 Å². The molecule has 2 heterocycles. The maximum Gasteiger partial charge on any atom is 0.225 e. The van der Waals surface area contributed by atoms with E-state index >= 15 is 0 Å². The minimum absolute atomic E-state index is 0.0534. The molecular weight excluding hydrogens is 168 g/mol. The van der Waals surface area contributed by atoms with Crippen LogP contribution in [0.25, 0.3) is 0 Å². The van der Waals surface area contributed by atoms with Crippen molar-refractivity contribution in [1.29, 1.82) is 5.41 Å². The summed E-state index contributed by atoms with van der Waals surface area (Å²) in [5, 5.41) is 10.2. The summed E-state index contributed by atoms with van der Waals surface area (Å²) >= 11 is 0. The van der Waals surface area contributed by atoms with Gasteiger partial charge in [0.1, 0.15) is 0 Å². The second-order valence-electron chi connectivity index (χ2n) is 3.64. The average molecular weight is 182 g/mol. The Kier molecular flexibility index (Phi) is 1.86. The molecule has 5 nitrogen and oxygen atoms in total. The molecule has 0 aromatic rings. The number of nitrogens with zero attached hydrogens (tertiary/aromatic N) is 1. The van der Waals surface area contributed by atoms with E-state index in [1.165, 1.54) is 0 Å². The molecule has 2 rings (SSSR count). The number of nitrogens with one attached hydrogen (secondary N) is 2. The summed E-state index contributed by atoms with van der Waals surface area (Å²) in [6, 6.07) is 0.124. The van der Waals surface area contributed by atoms with Gasteiger partial charge in [-0.25, -0.2) is 0 Å². The molecule has 2 aliphatic heterocycles. The number of amides is 1. The van der Waals surface area contributed by atoms with E-state index in [9.17, 15) is 4.79 Å². The van der Waals surface area contributed by atoms with Crippen molar-refractivity contribution in [1.82, 2.24) is 10.2 Å². The van der Waals surface area contributed by atoms with E-state index in [1.54, 1.807) is 0 Å². The molecule has 2 fully saturated rings. The van der Waals surface area contributed by atoms with Crippen molar-refractivity contribution in [2.45, 2.75) is 18.9 Å². The zero-order valence-corrected chi connectivity index (χ0v) is 7.42. The molecule has 0 aliphatic carbocycles. The number of carbonyl (C=O) groups is 1. The monoisotopic (exact) mass is 182 g/mol. The maximum atomic E-state index is 11.3. The number of guanidine groups is 1. The third kappa shape index (κ3) is 1.24. The summed E-state index contributed by atoms with van der Waals surface area (Å²) in [5.41, 5.74) is 5.44. The minimum Gasteiger partial charge on any atom is -0.370 e. The van der Waals surface area contributed by atoms with Gasteiger partial charge in [-0.15, -0.1) is 0 Å². The van der Waals surface area contributed by atoms with Crippen molar-refractivity contribution in [3.63, 3.8) is 0 Å². The van der Waals surface area contributed by atoms with Gasteiger partial charge in [0.05, 0.1) is 12.0 Å². The minimum atomic E-state index is 0.0534. The van der Waals surface area contributed by atoms with Crippen LogP contribution in [0.4, 0.5) is 0 Å². The summed E-state index contributed by atoms with van der Waals surface area (Å²) in [6.45, 7) is 1.45. The van der Waals surface area contributed by atoms with Crippen LogP contribution >= 0.6 is 0 Å². The van der Waals surface area contributed by atoms with Gasteiger partial charge in [0.15, 0.2) is 5.96 Å². The predicted molar refractivity (Wildman–Crippen MR) is 48.1 cm³/mol. The Hall–Kier alpha value is -1.26. The van der Waals surface area contributed by atoms with E-state index in [-0.39, 0.29) is 23.8 Å². The van der Waals surface area contributed by atoms with Crippen LogP contribution in [0.2, 0.25) is 0 Å². The largest absolute Gasteiger partial charge is 0.370 e. The standard InChI is InChI=1S/C8H14N4O/c9-8(10)12-3-1-2-5-6(12)4-11-7(5)13/h5-6H,1-4H2,(H3,9,10)(H,11,13). The lowest BCUT2D eigenvalue weighted by atomic mass is 9.92. The van der Waals surface area contributed by atoms with Crippen LogP contribution in [0.1, 0.15) is 12.8 Å². The van der Waals surface area contributed by atoms with Crippen LogP contribution in [0.5, 0.6) is 0 Å². The van der Waals surface area contributed by atoms with Gasteiger partial charge < -0.3 is 16.0 Å². The number of piperidine rings is 1. The van der Waals surface area contributed by atoms with E-state index in [0.717, 1.165) is 19.4 Å². The molecule has 4 N–H and O–H groups in total. The molecule has 0 aromatic heterocycles. The Morgan fingerprint density at radius 3 is 3.15 bits per heavy atom. The molecule has 72 valence electrons. The third-order valence-electron chi connectivity index (χ3n) is 2.91. The number of rotatable bonds is 0. The highest BCUT2D eigenvalue weighted by atomic mass is 16.2. The normalized spacial score (nSPS) is 32.6. The van der Waals surface area contributed by atoms with Crippen LogP contribution in [-0.2, 0) is 4.79 Å². The SMILES string of the molecule is N=C(N)N1CCCC2C(=O)NCC21. The van der Waals surface area contributed by atoms with Crippen LogP contribution in [-0.4, -0.2) is 35.9 Å². The molecule has 0 saturated carbocycles. The molecule has 0 aromatic carbocycles. The topological polar surface area (TPSA) is 82.2 Å². The Balaban J connectivity index is 2.16. The summed E-state index contributed by atoms with van der Waals surface area (Å²) in [7, 11) is 0. The number of hydrogen-bond donors (Lipinski definition) is 3. The van der Waals surface area contributed by atoms with Crippen LogP contribution in [0.15, 0.2) is 0 Å². The number of fused-ring (bicyclic) bond motifs is 1. The quantitative estimate of drug-likeness (QED) is 0.335. The fraction of sp³-hybridized carbons (Fsp3) is 0.750. The highest BCUT2D eigenvalue weighted by molar-refractivity contribution is 5.84. The molecule has 0 radical (unpaired) electrons. The summed E-state index contributed by atoms with van der Waals surface area (Å²) in [5.74, 6) is 0.264.